The van der Waals surface area contributed by atoms with Crippen LogP contribution in [0.4, 0.5) is 10.5 Å². The standard InChI is InChI=1S/C17H25N3O4/c1-10(2)24-15-14(8-11(3)9-18-15)20-17(23)19-13-6-4-12(5-7-13)16(21)22/h8-10,12-13H,4-7H2,1-3H3,(H,21,22)(H2,19,20,23). The fourth-order valence-electron chi connectivity index (χ4n) is 2.79. The van der Waals surface area contributed by atoms with Crippen LogP contribution < -0.4 is 15.4 Å². The van der Waals surface area contributed by atoms with Crippen molar-refractivity contribution in [3.8, 4) is 5.88 Å². The summed E-state index contributed by atoms with van der Waals surface area (Å²) < 4.78 is 5.61. The molecule has 0 unspecified atom stereocenters. The van der Waals surface area contributed by atoms with E-state index in [1.807, 2.05) is 26.8 Å². The molecule has 0 spiro atoms. The quantitative estimate of drug-likeness (QED) is 0.768. The van der Waals surface area contributed by atoms with E-state index in [2.05, 4.69) is 15.6 Å². The number of urea groups is 1. The summed E-state index contributed by atoms with van der Waals surface area (Å²) in [5.41, 5.74) is 1.45. The van der Waals surface area contributed by atoms with Crippen LogP contribution in [0.25, 0.3) is 0 Å². The smallest absolute Gasteiger partial charge is 0.319 e. The highest BCUT2D eigenvalue weighted by Gasteiger charge is 2.26. The van der Waals surface area contributed by atoms with Gasteiger partial charge in [-0.2, -0.15) is 0 Å². The van der Waals surface area contributed by atoms with Gasteiger partial charge in [-0.05, 0) is 58.1 Å². The SMILES string of the molecule is Cc1cnc(OC(C)C)c(NC(=O)NC2CCC(C(=O)O)CC2)c1. The number of hydrogen-bond acceptors (Lipinski definition) is 4. The molecule has 1 fully saturated rings. The van der Waals surface area contributed by atoms with Crippen LogP contribution in [0, 0.1) is 12.8 Å². The normalized spacial score (nSPS) is 20.5. The number of amides is 2. The van der Waals surface area contributed by atoms with Crippen LogP contribution in [-0.4, -0.2) is 34.2 Å². The highest BCUT2D eigenvalue weighted by Crippen LogP contribution is 2.26. The van der Waals surface area contributed by atoms with Crippen molar-refractivity contribution in [2.45, 2.75) is 58.6 Å². The van der Waals surface area contributed by atoms with Gasteiger partial charge in [0.1, 0.15) is 5.69 Å². The van der Waals surface area contributed by atoms with Gasteiger partial charge in [-0.15, -0.1) is 0 Å². The van der Waals surface area contributed by atoms with Gasteiger partial charge >= 0.3 is 12.0 Å². The van der Waals surface area contributed by atoms with Crippen molar-refractivity contribution in [2.75, 3.05) is 5.32 Å². The highest BCUT2D eigenvalue weighted by atomic mass is 16.5. The number of anilines is 1. The number of carboxylic acids is 1. The number of hydrogen-bond donors (Lipinski definition) is 3. The molecule has 0 atom stereocenters. The van der Waals surface area contributed by atoms with E-state index in [9.17, 15) is 9.59 Å². The van der Waals surface area contributed by atoms with Crippen molar-refractivity contribution in [3.05, 3.63) is 17.8 Å². The zero-order valence-electron chi connectivity index (χ0n) is 14.3. The van der Waals surface area contributed by atoms with E-state index in [1.165, 1.54) is 0 Å². The van der Waals surface area contributed by atoms with E-state index < -0.39 is 5.97 Å². The Morgan fingerprint density at radius 3 is 2.54 bits per heavy atom. The molecular formula is C17H25N3O4. The maximum Gasteiger partial charge on any atom is 0.319 e. The third-order valence-electron chi connectivity index (χ3n) is 4.00. The van der Waals surface area contributed by atoms with E-state index in [0.717, 1.165) is 5.56 Å². The number of pyridine rings is 1. The van der Waals surface area contributed by atoms with Gasteiger partial charge in [0.15, 0.2) is 0 Å². The Kier molecular flexibility index (Phi) is 6.00. The maximum absolute atomic E-state index is 12.2. The van der Waals surface area contributed by atoms with Crippen LogP contribution in [0.2, 0.25) is 0 Å². The summed E-state index contributed by atoms with van der Waals surface area (Å²) in [5.74, 6) is -0.655. The van der Waals surface area contributed by atoms with E-state index >= 15 is 0 Å². The monoisotopic (exact) mass is 335 g/mol. The lowest BCUT2D eigenvalue weighted by Gasteiger charge is -2.27. The number of carbonyl (C=O) groups is 2. The Bertz CT molecular complexity index is 595. The van der Waals surface area contributed by atoms with Gasteiger partial charge in [-0.25, -0.2) is 9.78 Å². The predicted octanol–water partition coefficient (Wildman–Crippen LogP) is 2.94. The van der Waals surface area contributed by atoms with Crippen LogP contribution in [-0.2, 0) is 4.79 Å². The second-order valence-electron chi connectivity index (χ2n) is 6.52. The molecule has 1 aromatic heterocycles. The van der Waals surface area contributed by atoms with E-state index in [-0.39, 0.29) is 24.1 Å². The molecule has 2 rings (SSSR count). The van der Waals surface area contributed by atoms with E-state index in [4.69, 9.17) is 9.84 Å². The average Bonchev–Trinajstić information content (AvgIpc) is 2.50. The molecule has 7 heteroatoms. The minimum atomic E-state index is -0.751. The van der Waals surface area contributed by atoms with Gasteiger partial charge in [0, 0.05) is 12.2 Å². The zero-order chi connectivity index (χ0) is 17.7. The van der Waals surface area contributed by atoms with Gasteiger partial charge in [-0.1, -0.05) is 0 Å². The lowest BCUT2D eigenvalue weighted by Crippen LogP contribution is -2.41. The highest BCUT2D eigenvalue weighted by molar-refractivity contribution is 5.90. The van der Waals surface area contributed by atoms with E-state index in [0.29, 0.717) is 37.3 Å². The Labute approximate surface area is 141 Å². The summed E-state index contributed by atoms with van der Waals surface area (Å²) in [6.07, 6.45) is 4.17. The number of nitrogens with one attached hydrogen (secondary N) is 2. The summed E-state index contributed by atoms with van der Waals surface area (Å²) in [6.45, 7) is 5.68. The second-order valence-corrected chi connectivity index (χ2v) is 6.52. The molecule has 0 saturated heterocycles. The molecule has 1 aromatic rings. The predicted molar refractivity (Wildman–Crippen MR) is 90.3 cm³/mol. The Balaban J connectivity index is 1.93. The summed E-state index contributed by atoms with van der Waals surface area (Å²) in [6, 6.07) is 1.48. The van der Waals surface area contributed by atoms with E-state index in [1.54, 1.807) is 6.20 Å². The lowest BCUT2D eigenvalue weighted by molar-refractivity contribution is -0.142. The van der Waals surface area contributed by atoms with Crippen molar-refractivity contribution in [1.29, 1.82) is 0 Å². The first kappa shape index (κ1) is 18.0. The Hall–Kier alpha value is -2.31. The molecular weight excluding hydrogens is 310 g/mol. The number of ether oxygens (including phenoxy) is 1. The largest absolute Gasteiger partial charge is 0.481 e. The van der Waals surface area contributed by atoms with Crippen LogP contribution >= 0.6 is 0 Å². The molecule has 0 aliphatic heterocycles. The number of nitrogens with zero attached hydrogens (tertiary/aromatic N) is 1. The molecule has 0 radical (unpaired) electrons. The summed E-state index contributed by atoms with van der Waals surface area (Å²) in [7, 11) is 0. The molecule has 7 nitrogen and oxygen atoms in total. The first-order valence-electron chi connectivity index (χ1n) is 8.28. The molecule has 1 aliphatic carbocycles. The summed E-state index contributed by atoms with van der Waals surface area (Å²) in [5, 5.41) is 14.7. The topological polar surface area (TPSA) is 101 Å². The van der Waals surface area contributed by atoms with Gasteiger partial charge in [0.25, 0.3) is 0 Å². The van der Waals surface area contributed by atoms with Crippen molar-refractivity contribution < 1.29 is 19.4 Å². The number of aromatic nitrogens is 1. The minimum absolute atomic E-state index is 0.00663. The van der Waals surface area contributed by atoms with Crippen LogP contribution in [0.1, 0.15) is 45.1 Å². The minimum Gasteiger partial charge on any atom is -0.481 e. The van der Waals surface area contributed by atoms with Gasteiger partial charge in [0.05, 0.1) is 12.0 Å². The third kappa shape index (κ3) is 5.11. The van der Waals surface area contributed by atoms with Crippen molar-refractivity contribution in [2.24, 2.45) is 5.92 Å². The Morgan fingerprint density at radius 2 is 1.96 bits per heavy atom. The third-order valence-corrected chi connectivity index (χ3v) is 4.00. The first-order chi connectivity index (χ1) is 11.3. The second kappa shape index (κ2) is 7.99. The average molecular weight is 335 g/mol. The number of aliphatic carboxylic acids is 1. The summed E-state index contributed by atoms with van der Waals surface area (Å²) in [4.78, 5) is 27.4. The van der Waals surface area contributed by atoms with Crippen molar-refractivity contribution in [3.63, 3.8) is 0 Å². The van der Waals surface area contributed by atoms with Crippen LogP contribution in [0.15, 0.2) is 12.3 Å². The number of carbonyl (C=O) groups excluding carboxylic acids is 1. The maximum atomic E-state index is 12.2. The Morgan fingerprint density at radius 1 is 1.29 bits per heavy atom. The molecule has 1 heterocycles. The summed E-state index contributed by atoms with van der Waals surface area (Å²) >= 11 is 0. The number of aryl methyl sites for hydroxylation is 1. The molecule has 1 saturated carbocycles. The van der Waals surface area contributed by atoms with Crippen molar-refractivity contribution >= 4 is 17.7 Å². The van der Waals surface area contributed by atoms with Gasteiger partial charge in [-0.3, -0.25) is 4.79 Å². The number of rotatable bonds is 5. The number of carboxylic acid groups (broad SMARTS) is 1. The molecule has 1 aliphatic rings. The van der Waals surface area contributed by atoms with Crippen molar-refractivity contribution in [1.82, 2.24) is 10.3 Å². The van der Waals surface area contributed by atoms with Gasteiger partial charge < -0.3 is 20.5 Å². The molecule has 24 heavy (non-hydrogen) atoms. The molecule has 2 amide bonds. The fourth-order valence-corrected chi connectivity index (χ4v) is 2.79. The molecule has 0 aromatic carbocycles. The molecule has 132 valence electrons. The molecule has 0 bridgehead atoms. The zero-order valence-corrected chi connectivity index (χ0v) is 14.3. The lowest BCUT2D eigenvalue weighted by atomic mass is 9.86. The first-order valence-corrected chi connectivity index (χ1v) is 8.28. The fraction of sp³-hybridized carbons (Fsp3) is 0.588. The van der Waals surface area contributed by atoms with Crippen LogP contribution in [0.5, 0.6) is 5.88 Å². The van der Waals surface area contributed by atoms with Crippen LogP contribution in [0.3, 0.4) is 0 Å². The molecule has 3 N–H and O–H groups in total. The van der Waals surface area contributed by atoms with Gasteiger partial charge in [0.2, 0.25) is 5.88 Å².